The van der Waals surface area contributed by atoms with Crippen molar-refractivity contribution >= 4 is 17.2 Å². The summed E-state index contributed by atoms with van der Waals surface area (Å²) < 4.78 is 1.98. The van der Waals surface area contributed by atoms with Gasteiger partial charge in [0.15, 0.2) is 0 Å². The van der Waals surface area contributed by atoms with Crippen LogP contribution in [0, 0.1) is 0 Å². The van der Waals surface area contributed by atoms with Crippen LogP contribution in [0.15, 0.2) is 24.5 Å². The van der Waals surface area contributed by atoms with Gasteiger partial charge in [-0.2, -0.15) is 0 Å². The van der Waals surface area contributed by atoms with Crippen molar-refractivity contribution in [2.24, 2.45) is 0 Å². The lowest BCUT2D eigenvalue weighted by Gasteiger charge is -2.24. The predicted molar refractivity (Wildman–Crippen MR) is 73.9 cm³/mol. The Labute approximate surface area is 112 Å². The highest BCUT2D eigenvalue weighted by molar-refractivity contribution is 6.30. The molecule has 1 N–H and O–H groups in total. The highest BCUT2D eigenvalue weighted by Crippen LogP contribution is 2.29. The van der Waals surface area contributed by atoms with E-state index in [0.717, 1.165) is 22.9 Å². The number of halogens is 1. The lowest BCUT2D eigenvalue weighted by atomic mass is 10.0. The molecule has 1 aliphatic rings. The Kier molecular flexibility index (Phi) is 3.04. The Hall–Kier alpha value is -1.06. The maximum Gasteiger partial charge on any atom is 0.137 e. The normalized spacial score (nSPS) is 18.6. The number of nitrogens with one attached hydrogen (secondary N) is 1. The summed E-state index contributed by atoms with van der Waals surface area (Å²) >= 11 is 5.97. The van der Waals surface area contributed by atoms with Gasteiger partial charge in [-0.05, 0) is 31.9 Å². The summed E-state index contributed by atoms with van der Waals surface area (Å²) in [5.41, 5.74) is 2.33. The van der Waals surface area contributed by atoms with Crippen LogP contribution in [0.25, 0.3) is 5.65 Å². The first-order valence-corrected chi connectivity index (χ1v) is 6.91. The molecule has 2 aromatic rings. The summed E-state index contributed by atoms with van der Waals surface area (Å²) in [4.78, 5) is 4.59. The minimum atomic E-state index is 0.299. The molecule has 18 heavy (non-hydrogen) atoms. The number of aromatic nitrogens is 2. The Balaban J connectivity index is 1.74. The zero-order valence-electron chi connectivity index (χ0n) is 10.6. The van der Waals surface area contributed by atoms with E-state index < -0.39 is 0 Å². The average molecular weight is 264 g/mol. The number of imidazole rings is 1. The van der Waals surface area contributed by atoms with Crippen LogP contribution < -0.4 is 5.32 Å². The molecular weight excluding hydrogens is 246 g/mol. The molecule has 0 bridgehead atoms. The van der Waals surface area contributed by atoms with Gasteiger partial charge in [0.1, 0.15) is 5.65 Å². The second-order valence-corrected chi connectivity index (χ2v) is 5.90. The maximum absolute atomic E-state index is 5.97. The number of nitrogens with zero attached hydrogens (tertiary/aromatic N) is 2. The molecule has 2 aromatic heterocycles. The van der Waals surface area contributed by atoms with E-state index in [1.54, 1.807) is 0 Å². The molecule has 3 nitrogen and oxygen atoms in total. The van der Waals surface area contributed by atoms with Gasteiger partial charge in [0, 0.05) is 24.5 Å². The van der Waals surface area contributed by atoms with E-state index in [-0.39, 0.29) is 0 Å². The van der Waals surface area contributed by atoms with E-state index in [2.05, 4.69) is 17.2 Å². The Morgan fingerprint density at radius 3 is 2.89 bits per heavy atom. The van der Waals surface area contributed by atoms with Crippen molar-refractivity contribution in [1.82, 2.24) is 14.7 Å². The van der Waals surface area contributed by atoms with Gasteiger partial charge in [-0.15, -0.1) is 0 Å². The average Bonchev–Trinajstić information content (AvgIpc) is 2.93. The number of fused-ring (bicyclic) bond motifs is 1. The number of hydrogen-bond donors (Lipinski definition) is 1. The van der Waals surface area contributed by atoms with Crippen molar-refractivity contribution < 1.29 is 0 Å². The zero-order valence-corrected chi connectivity index (χ0v) is 11.4. The second-order valence-electron chi connectivity index (χ2n) is 5.47. The molecule has 0 radical (unpaired) electrons. The molecule has 0 spiro atoms. The molecular formula is C14H18ClN3. The molecule has 0 unspecified atom stereocenters. The zero-order chi connectivity index (χ0) is 12.6. The van der Waals surface area contributed by atoms with Gasteiger partial charge >= 0.3 is 0 Å². The monoisotopic (exact) mass is 263 g/mol. The molecule has 3 rings (SSSR count). The van der Waals surface area contributed by atoms with Crippen molar-refractivity contribution in [2.45, 2.75) is 44.7 Å². The molecule has 0 atom stereocenters. The Bertz CT molecular complexity index is 555. The van der Waals surface area contributed by atoms with Gasteiger partial charge in [0.05, 0.1) is 10.7 Å². The van der Waals surface area contributed by atoms with Crippen LogP contribution in [0.2, 0.25) is 5.02 Å². The third kappa shape index (κ3) is 2.38. The molecule has 0 aromatic carbocycles. The minimum absolute atomic E-state index is 0.299. The lowest BCUT2D eigenvalue weighted by molar-refractivity contribution is 0.361. The molecule has 1 fully saturated rings. The summed E-state index contributed by atoms with van der Waals surface area (Å²) in [5.74, 6) is 0. The third-order valence-corrected chi connectivity index (χ3v) is 4.09. The fourth-order valence-corrected chi connectivity index (χ4v) is 2.91. The standard InChI is InChI=1S/C14H18ClN3/c1-14(6-2-3-7-14)16-8-12-10-18-9-11(15)4-5-13(18)17-12/h4-5,9-10,16H,2-3,6-8H2,1H3. The van der Waals surface area contributed by atoms with Crippen LogP contribution in [0.3, 0.4) is 0 Å². The predicted octanol–water partition coefficient (Wildman–Crippen LogP) is 3.41. The van der Waals surface area contributed by atoms with Crippen molar-refractivity contribution in [3.05, 3.63) is 35.2 Å². The fourth-order valence-electron chi connectivity index (χ4n) is 2.74. The van der Waals surface area contributed by atoms with Crippen molar-refractivity contribution in [3.8, 4) is 0 Å². The van der Waals surface area contributed by atoms with E-state index in [9.17, 15) is 0 Å². The van der Waals surface area contributed by atoms with E-state index in [1.807, 2.05) is 28.9 Å². The molecule has 0 amide bonds. The second kappa shape index (κ2) is 4.56. The van der Waals surface area contributed by atoms with Gasteiger partial charge in [0.2, 0.25) is 0 Å². The maximum atomic E-state index is 5.97. The summed E-state index contributed by atoms with van der Waals surface area (Å²) in [5, 5.41) is 4.38. The quantitative estimate of drug-likeness (QED) is 0.920. The van der Waals surface area contributed by atoms with Crippen LogP contribution in [-0.2, 0) is 6.54 Å². The summed E-state index contributed by atoms with van der Waals surface area (Å²) in [6.07, 6.45) is 9.16. The van der Waals surface area contributed by atoms with E-state index in [4.69, 9.17) is 11.6 Å². The molecule has 0 saturated heterocycles. The molecule has 1 aliphatic carbocycles. The SMILES string of the molecule is CC1(NCc2cn3cc(Cl)ccc3n2)CCCC1. The third-order valence-electron chi connectivity index (χ3n) is 3.87. The topological polar surface area (TPSA) is 29.3 Å². The Morgan fingerprint density at radius 2 is 2.11 bits per heavy atom. The van der Waals surface area contributed by atoms with Crippen LogP contribution in [0.4, 0.5) is 0 Å². The van der Waals surface area contributed by atoms with Gasteiger partial charge < -0.3 is 9.72 Å². The molecule has 96 valence electrons. The van der Waals surface area contributed by atoms with Crippen LogP contribution in [0.1, 0.15) is 38.3 Å². The molecule has 4 heteroatoms. The van der Waals surface area contributed by atoms with E-state index in [1.165, 1.54) is 25.7 Å². The number of rotatable bonds is 3. The smallest absolute Gasteiger partial charge is 0.137 e. The van der Waals surface area contributed by atoms with Crippen molar-refractivity contribution in [3.63, 3.8) is 0 Å². The van der Waals surface area contributed by atoms with Crippen LogP contribution in [0.5, 0.6) is 0 Å². The molecule has 0 aliphatic heterocycles. The van der Waals surface area contributed by atoms with E-state index in [0.29, 0.717) is 5.54 Å². The first kappa shape index (κ1) is 12.0. The van der Waals surface area contributed by atoms with Crippen LogP contribution in [-0.4, -0.2) is 14.9 Å². The minimum Gasteiger partial charge on any atom is -0.306 e. The summed E-state index contributed by atoms with van der Waals surface area (Å²) in [7, 11) is 0. The van der Waals surface area contributed by atoms with Gasteiger partial charge in [0.25, 0.3) is 0 Å². The van der Waals surface area contributed by atoms with Gasteiger partial charge in [-0.25, -0.2) is 4.98 Å². The Morgan fingerprint density at radius 1 is 1.33 bits per heavy atom. The highest BCUT2D eigenvalue weighted by atomic mass is 35.5. The van der Waals surface area contributed by atoms with Crippen LogP contribution >= 0.6 is 11.6 Å². The summed E-state index contributed by atoms with van der Waals surface area (Å²) in [6, 6.07) is 3.82. The largest absolute Gasteiger partial charge is 0.306 e. The first-order chi connectivity index (χ1) is 8.65. The van der Waals surface area contributed by atoms with E-state index >= 15 is 0 Å². The number of pyridine rings is 1. The van der Waals surface area contributed by atoms with Crippen molar-refractivity contribution in [1.29, 1.82) is 0 Å². The van der Waals surface area contributed by atoms with Gasteiger partial charge in [-0.1, -0.05) is 24.4 Å². The first-order valence-electron chi connectivity index (χ1n) is 6.53. The van der Waals surface area contributed by atoms with Gasteiger partial charge in [-0.3, -0.25) is 0 Å². The summed E-state index contributed by atoms with van der Waals surface area (Å²) in [6.45, 7) is 3.14. The lowest BCUT2D eigenvalue weighted by Crippen LogP contribution is -2.38. The van der Waals surface area contributed by atoms with Crippen molar-refractivity contribution in [2.75, 3.05) is 0 Å². The molecule has 1 saturated carbocycles. The number of hydrogen-bond acceptors (Lipinski definition) is 2. The fraction of sp³-hybridized carbons (Fsp3) is 0.500. The highest BCUT2D eigenvalue weighted by Gasteiger charge is 2.27. The molecule has 2 heterocycles.